The number of hydrogen-bond donors (Lipinski definition) is 2. The van der Waals surface area contributed by atoms with Crippen molar-refractivity contribution < 1.29 is 4.74 Å². The molecule has 0 saturated carbocycles. The minimum atomic E-state index is -0.251. The van der Waals surface area contributed by atoms with Crippen LogP contribution in [0.4, 0.5) is 0 Å². The van der Waals surface area contributed by atoms with E-state index in [2.05, 4.69) is 52.2 Å². The molecule has 2 atom stereocenters. The number of hydrazine groups is 1. The topological polar surface area (TPSA) is 47.3 Å². The molecule has 3 heteroatoms. The Morgan fingerprint density at radius 2 is 1.79 bits per heavy atom. The van der Waals surface area contributed by atoms with E-state index in [4.69, 9.17) is 10.6 Å². The Balaban J connectivity index is 3.06. The molecule has 0 fully saturated rings. The summed E-state index contributed by atoms with van der Waals surface area (Å²) in [5.41, 5.74) is 8.01. The molecule has 108 valence electrons. The van der Waals surface area contributed by atoms with Crippen molar-refractivity contribution in [3.63, 3.8) is 0 Å². The van der Waals surface area contributed by atoms with Gasteiger partial charge in [-0.05, 0) is 57.2 Å². The lowest BCUT2D eigenvalue weighted by Gasteiger charge is -2.36. The van der Waals surface area contributed by atoms with E-state index in [1.54, 1.807) is 7.11 Å². The Morgan fingerprint density at radius 1 is 1.26 bits per heavy atom. The predicted octanol–water partition coefficient (Wildman–Crippen LogP) is 2.80. The van der Waals surface area contributed by atoms with Crippen molar-refractivity contribution in [2.75, 3.05) is 7.11 Å². The second-order valence-corrected chi connectivity index (χ2v) is 5.67. The highest BCUT2D eigenvalue weighted by atomic mass is 16.5. The molecule has 2 unspecified atom stereocenters. The van der Waals surface area contributed by atoms with Gasteiger partial charge in [-0.15, -0.1) is 0 Å². The van der Waals surface area contributed by atoms with Crippen LogP contribution >= 0.6 is 0 Å². The molecule has 0 heterocycles. The SMILES string of the molecule is CCC(C)(OC)C(Cc1c(C)cc(C)cc1C)NN. The first kappa shape index (κ1) is 16.2. The molecule has 0 amide bonds. The van der Waals surface area contributed by atoms with Crippen LogP contribution in [0.2, 0.25) is 0 Å². The predicted molar refractivity (Wildman–Crippen MR) is 81.2 cm³/mol. The highest BCUT2D eigenvalue weighted by Gasteiger charge is 2.32. The van der Waals surface area contributed by atoms with Crippen LogP contribution in [0.25, 0.3) is 0 Å². The normalized spacial score (nSPS) is 16.2. The zero-order valence-corrected chi connectivity index (χ0v) is 13.1. The molecule has 0 aliphatic heterocycles. The fraction of sp³-hybridized carbons (Fsp3) is 0.625. The molecule has 0 bridgehead atoms. The monoisotopic (exact) mass is 264 g/mol. The van der Waals surface area contributed by atoms with Crippen molar-refractivity contribution in [3.05, 3.63) is 34.4 Å². The summed E-state index contributed by atoms with van der Waals surface area (Å²) in [7, 11) is 1.75. The zero-order chi connectivity index (χ0) is 14.6. The minimum Gasteiger partial charge on any atom is -0.377 e. The molecule has 3 N–H and O–H groups in total. The molecule has 1 rings (SSSR count). The lowest BCUT2D eigenvalue weighted by molar-refractivity contribution is -0.0288. The standard InChI is InChI=1S/C16H28N2O/c1-7-16(5,19-6)15(18-17)10-14-12(3)8-11(2)9-13(14)4/h8-9,15,18H,7,10,17H2,1-6H3. The lowest BCUT2D eigenvalue weighted by atomic mass is 9.85. The van der Waals surface area contributed by atoms with E-state index in [9.17, 15) is 0 Å². The number of nitrogens with two attached hydrogens (primary N) is 1. The zero-order valence-electron chi connectivity index (χ0n) is 13.1. The van der Waals surface area contributed by atoms with Crippen LogP contribution in [0, 0.1) is 20.8 Å². The number of nitrogens with one attached hydrogen (secondary N) is 1. The Bertz CT molecular complexity index is 402. The maximum Gasteiger partial charge on any atom is 0.0817 e. The summed E-state index contributed by atoms with van der Waals surface area (Å²) >= 11 is 0. The van der Waals surface area contributed by atoms with Gasteiger partial charge < -0.3 is 4.74 Å². The number of methoxy groups -OCH3 is 1. The Hall–Kier alpha value is -0.900. The van der Waals surface area contributed by atoms with Crippen molar-refractivity contribution >= 4 is 0 Å². The van der Waals surface area contributed by atoms with Gasteiger partial charge in [0, 0.05) is 7.11 Å². The molecule has 0 saturated heterocycles. The first-order chi connectivity index (χ1) is 8.87. The highest BCUT2D eigenvalue weighted by molar-refractivity contribution is 5.38. The quantitative estimate of drug-likeness (QED) is 0.613. The molecule has 0 aliphatic rings. The molecule has 1 aromatic carbocycles. The summed E-state index contributed by atoms with van der Waals surface area (Å²) in [6.07, 6.45) is 1.80. The molecular formula is C16H28N2O. The highest BCUT2D eigenvalue weighted by Crippen LogP contribution is 2.25. The van der Waals surface area contributed by atoms with Gasteiger partial charge in [0.1, 0.15) is 0 Å². The van der Waals surface area contributed by atoms with Gasteiger partial charge in [-0.25, -0.2) is 0 Å². The van der Waals surface area contributed by atoms with E-state index in [1.807, 2.05) is 0 Å². The van der Waals surface area contributed by atoms with Gasteiger partial charge in [0.05, 0.1) is 11.6 Å². The number of benzene rings is 1. The second-order valence-electron chi connectivity index (χ2n) is 5.67. The molecule has 1 aromatic rings. The van der Waals surface area contributed by atoms with Crippen molar-refractivity contribution in [1.29, 1.82) is 0 Å². The molecular weight excluding hydrogens is 236 g/mol. The second kappa shape index (κ2) is 6.51. The van der Waals surface area contributed by atoms with E-state index in [1.165, 1.54) is 22.3 Å². The summed E-state index contributed by atoms with van der Waals surface area (Å²) in [5.74, 6) is 5.76. The van der Waals surface area contributed by atoms with Crippen LogP contribution in [0.3, 0.4) is 0 Å². The van der Waals surface area contributed by atoms with Crippen LogP contribution in [0.15, 0.2) is 12.1 Å². The summed E-state index contributed by atoms with van der Waals surface area (Å²) in [6.45, 7) is 10.7. The largest absolute Gasteiger partial charge is 0.377 e. The van der Waals surface area contributed by atoms with E-state index >= 15 is 0 Å². The number of hydrogen-bond acceptors (Lipinski definition) is 3. The van der Waals surface area contributed by atoms with Gasteiger partial charge in [-0.1, -0.05) is 24.6 Å². The minimum absolute atomic E-state index is 0.0996. The fourth-order valence-electron chi connectivity index (χ4n) is 2.72. The van der Waals surface area contributed by atoms with E-state index in [0.29, 0.717) is 0 Å². The van der Waals surface area contributed by atoms with Crippen LogP contribution < -0.4 is 11.3 Å². The average Bonchev–Trinajstić information content (AvgIpc) is 2.37. The van der Waals surface area contributed by atoms with Crippen LogP contribution in [-0.2, 0) is 11.2 Å². The van der Waals surface area contributed by atoms with E-state index < -0.39 is 0 Å². The summed E-state index contributed by atoms with van der Waals surface area (Å²) in [6, 6.07) is 4.56. The maximum absolute atomic E-state index is 5.76. The van der Waals surface area contributed by atoms with Gasteiger partial charge in [-0.2, -0.15) is 0 Å². The molecule has 0 aromatic heterocycles. The third-order valence-corrected chi connectivity index (χ3v) is 4.36. The molecule has 0 spiro atoms. The fourth-order valence-corrected chi connectivity index (χ4v) is 2.72. The smallest absolute Gasteiger partial charge is 0.0817 e. The van der Waals surface area contributed by atoms with Gasteiger partial charge >= 0.3 is 0 Å². The average molecular weight is 264 g/mol. The van der Waals surface area contributed by atoms with Crippen LogP contribution in [0.1, 0.15) is 42.5 Å². The van der Waals surface area contributed by atoms with Crippen molar-refractivity contribution in [3.8, 4) is 0 Å². The van der Waals surface area contributed by atoms with Gasteiger partial charge in [0.25, 0.3) is 0 Å². The molecule has 3 nitrogen and oxygen atoms in total. The number of ether oxygens (including phenoxy) is 1. The van der Waals surface area contributed by atoms with Crippen LogP contribution in [-0.4, -0.2) is 18.8 Å². The summed E-state index contributed by atoms with van der Waals surface area (Å²) in [5, 5.41) is 0. The third-order valence-electron chi connectivity index (χ3n) is 4.36. The number of aryl methyl sites for hydroxylation is 3. The van der Waals surface area contributed by atoms with Gasteiger partial charge in [-0.3, -0.25) is 11.3 Å². The van der Waals surface area contributed by atoms with Crippen molar-refractivity contribution in [1.82, 2.24) is 5.43 Å². The lowest BCUT2D eigenvalue weighted by Crippen LogP contribution is -2.53. The number of rotatable bonds is 6. The molecule has 19 heavy (non-hydrogen) atoms. The van der Waals surface area contributed by atoms with Crippen molar-refractivity contribution in [2.24, 2.45) is 5.84 Å². The first-order valence-corrected chi connectivity index (χ1v) is 6.96. The third kappa shape index (κ3) is 3.56. The summed E-state index contributed by atoms with van der Waals surface area (Å²) < 4.78 is 5.67. The molecule has 0 aliphatic carbocycles. The van der Waals surface area contributed by atoms with E-state index in [-0.39, 0.29) is 11.6 Å². The van der Waals surface area contributed by atoms with Gasteiger partial charge in [0.2, 0.25) is 0 Å². The Morgan fingerprint density at radius 3 is 2.16 bits per heavy atom. The Kier molecular flexibility index (Phi) is 5.53. The van der Waals surface area contributed by atoms with Crippen molar-refractivity contribution in [2.45, 2.75) is 59.1 Å². The first-order valence-electron chi connectivity index (χ1n) is 6.96. The van der Waals surface area contributed by atoms with Crippen LogP contribution in [0.5, 0.6) is 0 Å². The Labute approximate surface area is 117 Å². The summed E-state index contributed by atoms with van der Waals surface area (Å²) in [4.78, 5) is 0. The molecule has 0 radical (unpaired) electrons. The van der Waals surface area contributed by atoms with Gasteiger partial charge in [0.15, 0.2) is 0 Å². The van der Waals surface area contributed by atoms with E-state index in [0.717, 1.165) is 12.8 Å². The maximum atomic E-state index is 5.76.